The maximum Gasteiger partial charge on any atom is 0.273 e. The summed E-state index contributed by atoms with van der Waals surface area (Å²) in [5.74, 6) is -1.26. The molecule has 264 valence electrons. The zero-order valence-electron chi connectivity index (χ0n) is 27.6. The highest BCUT2D eigenvalue weighted by Gasteiger charge is 2.37. The molecule has 50 heavy (non-hydrogen) atoms. The van der Waals surface area contributed by atoms with E-state index in [1.807, 2.05) is 6.07 Å². The highest BCUT2D eigenvalue weighted by atomic mass is 35.5. The number of ether oxygens (including phenoxy) is 1. The van der Waals surface area contributed by atoms with Crippen LogP contribution < -0.4 is 14.4 Å². The van der Waals surface area contributed by atoms with E-state index in [0.717, 1.165) is 15.9 Å². The number of carbonyl (C=O) groups is 2. The SMILES string of the molecule is COc1ccc(Cl)cc1N(CC(=O)N(Cc1c(Cl)cccc1Cl)[C@H](Cc1ccccc1)C(=O)NC(C)C)S(=O)(=O)c1ccc(C)c([N+](=O)[O-])c1. The van der Waals surface area contributed by atoms with Crippen molar-refractivity contribution in [3.05, 3.63) is 127 Å². The fraction of sp³-hybridized carbons (Fsp3) is 0.257. The van der Waals surface area contributed by atoms with Gasteiger partial charge in [0, 0.05) is 51.3 Å². The summed E-state index contributed by atoms with van der Waals surface area (Å²) in [7, 11) is -3.41. The Labute approximate surface area is 305 Å². The van der Waals surface area contributed by atoms with Gasteiger partial charge in [-0.15, -0.1) is 0 Å². The third-order valence-corrected chi connectivity index (χ3v) is 10.4. The number of carbonyl (C=O) groups excluding carboxylic acids is 2. The van der Waals surface area contributed by atoms with Crippen molar-refractivity contribution in [2.24, 2.45) is 0 Å². The number of nitro groups is 1. The number of sulfonamides is 1. The minimum Gasteiger partial charge on any atom is -0.495 e. The first-order valence-electron chi connectivity index (χ1n) is 15.3. The lowest BCUT2D eigenvalue weighted by Crippen LogP contribution is -2.54. The number of anilines is 1. The lowest BCUT2D eigenvalue weighted by atomic mass is 10.0. The van der Waals surface area contributed by atoms with Gasteiger partial charge < -0.3 is 15.0 Å². The summed E-state index contributed by atoms with van der Waals surface area (Å²) in [5.41, 5.74) is 0.757. The number of halogens is 3. The Kier molecular flexibility index (Phi) is 12.7. The number of nitro benzene ring substituents is 1. The smallest absolute Gasteiger partial charge is 0.273 e. The van der Waals surface area contributed by atoms with Crippen LogP contribution in [0.3, 0.4) is 0 Å². The Morgan fingerprint density at radius 2 is 1.60 bits per heavy atom. The van der Waals surface area contributed by atoms with Gasteiger partial charge in [-0.3, -0.25) is 24.0 Å². The third kappa shape index (κ3) is 9.05. The number of nitrogens with one attached hydrogen (secondary N) is 1. The monoisotopic (exact) mass is 760 g/mol. The van der Waals surface area contributed by atoms with Gasteiger partial charge >= 0.3 is 0 Å². The number of rotatable bonds is 14. The summed E-state index contributed by atoms with van der Waals surface area (Å²) in [6, 6.07) is 20.0. The van der Waals surface area contributed by atoms with E-state index in [-0.39, 0.29) is 51.1 Å². The molecule has 0 fully saturated rings. The number of nitrogens with zero attached hydrogens (tertiary/aromatic N) is 3. The minimum atomic E-state index is -4.73. The highest BCUT2D eigenvalue weighted by Crippen LogP contribution is 2.36. The predicted molar refractivity (Wildman–Crippen MR) is 195 cm³/mol. The van der Waals surface area contributed by atoms with Crippen molar-refractivity contribution in [1.82, 2.24) is 10.2 Å². The van der Waals surface area contributed by atoms with Crippen molar-refractivity contribution < 1.29 is 27.7 Å². The average Bonchev–Trinajstić information content (AvgIpc) is 3.06. The van der Waals surface area contributed by atoms with Crippen LogP contribution in [-0.4, -0.2) is 55.8 Å². The number of amides is 2. The Hall–Kier alpha value is -4.36. The first-order valence-corrected chi connectivity index (χ1v) is 17.9. The molecule has 4 aromatic rings. The number of benzene rings is 4. The Morgan fingerprint density at radius 1 is 0.940 bits per heavy atom. The predicted octanol–water partition coefficient (Wildman–Crippen LogP) is 7.23. The van der Waals surface area contributed by atoms with E-state index in [0.29, 0.717) is 5.56 Å². The standard InChI is InChI=1S/C35H35Cl3N4O7S/c1-22(2)39-35(44)32(17-24-9-6-5-7-10-24)40(20-27-28(37)11-8-12-29(27)38)34(43)21-41(31-18-25(36)14-16-33(31)49-4)50(47,48)26-15-13-23(3)30(19-26)42(45)46/h5-16,18-19,22,32H,17,20-21H2,1-4H3,(H,39,44)/t32-/m1/s1. The molecule has 1 N–H and O–H groups in total. The van der Waals surface area contributed by atoms with Crippen molar-refractivity contribution in [2.75, 3.05) is 18.0 Å². The summed E-state index contributed by atoms with van der Waals surface area (Å²) in [6.07, 6.45) is 0.0601. The van der Waals surface area contributed by atoms with E-state index in [4.69, 9.17) is 39.5 Å². The van der Waals surface area contributed by atoms with Crippen molar-refractivity contribution in [3.8, 4) is 5.75 Å². The van der Waals surface area contributed by atoms with Gasteiger partial charge in [-0.1, -0.05) is 77.3 Å². The minimum absolute atomic E-state index is 0.0477. The van der Waals surface area contributed by atoms with Gasteiger partial charge in [0.1, 0.15) is 18.3 Å². The van der Waals surface area contributed by atoms with Gasteiger partial charge in [0.2, 0.25) is 11.8 Å². The van der Waals surface area contributed by atoms with E-state index in [9.17, 15) is 28.1 Å². The number of hydrogen-bond donors (Lipinski definition) is 1. The summed E-state index contributed by atoms with van der Waals surface area (Å²) < 4.78 is 35.2. The largest absolute Gasteiger partial charge is 0.495 e. The fourth-order valence-corrected chi connectivity index (χ4v) is 7.35. The summed E-state index contributed by atoms with van der Waals surface area (Å²) in [5, 5.41) is 15.2. The topological polar surface area (TPSA) is 139 Å². The molecule has 0 spiro atoms. The molecule has 15 heteroatoms. The molecule has 0 bridgehead atoms. The molecule has 1 atom stereocenters. The van der Waals surface area contributed by atoms with Crippen LogP contribution in [0.4, 0.5) is 11.4 Å². The number of hydrogen-bond acceptors (Lipinski definition) is 7. The molecule has 0 aliphatic heterocycles. The molecule has 0 unspecified atom stereocenters. The zero-order valence-corrected chi connectivity index (χ0v) is 30.7. The first kappa shape index (κ1) is 38.4. The lowest BCUT2D eigenvalue weighted by Gasteiger charge is -2.34. The van der Waals surface area contributed by atoms with E-state index < -0.39 is 49.9 Å². The quantitative estimate of drug-likeness (QED) is 0.106. The van der Waals surface area contributed by atoms with Crippen molar-refractivity contribution in [3.63, 3.8) is 0 Å². The molecular formula is C35H35Cl3N4O7S. The molecule has 0 saturated heterocycles. The van der Waals surface area contributed by atoms with E-state index >= 15 is 0 Å². The molecule has 2 amide bonds. The molecule has 0 heterocycles. The molecular weight excluding hydrogens is 727 g/mol. The molecule has 4 rings (SSSR count). The first-order chi connectivity index (χ1) is 23.6. The Balaban J connectivity index is 1.93. The third-order valence-electron chi connectivity index (χ3n) is 7.75. The zero-order chi connectivity index (χ0) is 36.7. The van der Waals surface area contributed by atoms with Crippen LogP contribution in [0.15, 0.2) is 89.8 Å². The van der Waals surface area contributed by atoms with Crippen LogP contribution in [0.1, 0.15) is 30.5 Å². The van der Waals surface area contributed by atoms with Gasteiger partial charge in [-0.2, -0.15) is 0 Å². The average molecular weight is 762 g/mol. The van der Waals surface area contributed by atoms with Crippen LogP contribution >= 0.6 is 34.8 Å². The van der Waals surface area contributed by atoms with Crippen molar-refractivity contribution >= 4 is 68.0 Å². The summed E-state index contributed by atoms with van der Waals surface area (Å²) >= 11 is 19.4. The molecule has 11 nitrogen and oxygen atoms in total. The molecule has 4 aromatic carbocycles. The number of aryl methyl sites for hydroxylation is 1. The molecule has 0 aliphatic carbocycles. The Bertz CT molecular complexity index is 1980. The van der Waals surface area contributed by atoms with Gasteiger partial charge in [-0.05, 0) is 62.7 Å². The second-order valence-electron chi connectivity index (χ2n) is 11.6. The van der Waals surface area contributed by atoms with Gasteiger partial charge in [0.15, 0.2) is 0 Å². The van der Waals surface area contributed by atoms with Crippen LogP contribution in [0.5, 0.6) is 5.75 Å². The van der Waals surface area contributed by atoms with E-state index in [1.54, 1.807) is 56.3 Å². The fourth-order valence-electron chi connectivity index (χ4n) is 5.23. The number of methoxy groups -OCH3 is 1. The van der Waals surface area contributed by atoms with Crippen molar-refractivity contribution in [2.45, 2.75) is 50.7 Å². The maximum atomic E-state index is 14.7. The summed E-state index contributed by atoms with van der Waals surface area (Å²) in [6.45, 7) is 3.88. The van der Waals surface area contributed by atoms with E-state index in [2.05, 4.69) is 5.32 Å². The highest BCUT2D eigenvalue weighted by molar-refractivity contribution is 7.92. The second-order valence-corrected chi connectivity index (χ2v) is 14.7. The Morgan fingerprint density at radius 3 is 2.20 bits per heavy atom. The van der Waals surface area contributed by atoms with Crippen LogP contribution in [0.2, 0.25) is 15.1 Å². The van der Waals surface area contributed by atoms with E-state index in [1.165, 1.54) is 49.3 Å². The second kappa shape index (κ2) is 16.6. The van der Waals surface area contributed by atoms with Gasteiger partial charge in [0.25, 0.3) is 15.7 Å². The van der Waals surface area contributed by atoms with Crippen molar-refractivity contribution in [1.29, 1.82) is 0 Å². The molecule has 0 aliphatic rings. The van der Waals surface area contributed by atoms with Gasteiger partial charge in [-0.25, -0.2) is 8.42 Å². The normalized spacial score (nSPS) is 11.9. The van der Waals surface area contributed by atoms with Crippen LogP contribution in [-0.2, 0) is 32.6 Å². The summed E-state index contributed by atoms with van der Waals surface area (Å²) in [4.78, 5) is 40.5. The van der Waals surface area contributed by atoms with Gasteiger partial charge in [0.05, 0.1) is 22.6 Å². The maximum absolute atomic E-state index is 14.7. The molecule has 0 aromatic heterocycles. The molecule has 0 saturated carbocycles. The lowest BCUT2D eigenvalue weighted by molar-refractivity contribution is -0.385. The van der Waals surface area contributed by atoms with Crippen LogP contribution in [0.25, 0.3) is 0 Å². The molecule has 0 radical (unpaired) electrons. The van der Waals surface area contributed by atoms with Crippen LogP contribution in [0, 0.1) is 17.0 Å².